The molecule has 0 bridgehead atoms. The van der Waals surface area contributed by atoms with Gasteiger partial charge in [-0.3, -0.25) is 4.79 Å². The Bertz CT molecular complexity index is 1020. The van der Waals surface area contributed by atoms with Gasteiger partial charge in [0.1, 0.15) is 5.82 Å². The molecule has 0 saturated carbocycles. The first-order valence-corrected chi connectivity index (χ1v) is 10.2. The van der Waals surface area contributed by atoms with Crippen molar-refractivity contribution < 1.29 is 32.2 Å². The largest absolute Gasteiger partial charge is 0.481 e. The number of benzene rings is 2. The Morgan fingerprint density at radius 1 is 1.07 bits per heavy atom. The van der Waals surface area contributed by atoms with Crippen LogP contribution in [0.15, 0.2) is 59.0 Å². The topological polar surface area (TPSA) is 97.7 Å². The molecule has 1 N–H and O–H groups in total. The van der Waals surface area contributed by atoms with E-state index in [0.717, 1.165) is 6.26 Å². The lowest BCUT2D eigenvalue weighted by Gasteiger charge is -2.15. The van der Waals surface area contributed by atoms with Gasteiger partial charge in [-0.25, -0.2) is 17.6 Å². The van der Waals surface area contributed by atoms with E-state index in [1.165, 1.54) is 48.5 Å². The van der Waals surface area contributed by atoms with Gasteiger partial charge < -0.3 is 9.84 Å². The van der Waals surface area contributed by atoms with Crippen LogP contribution in [-0.2, 0) is 24.2 Å². The summed E-state index contributed by atoms with van der Waals surface area (Å²) < 4.78 is 42.2. The van der Waals surface area contributed by atoms with Gasteiger partial charge in [-0.15, -0.1) is 0 Å². The zero-order valence-corrected chi connectivity index (χ0v) is 16.1. The van der Waals surface area contributed by atoms with E-state index < -0.39 is 34.0 Å². The molecule has 0 aliphatic carbocycles. The van der Waals surface area contributed by atoms with E-state index >= 15 is 0 Å². The van der Waals surface area contributed by atoms with Gasteiger partial charge in [-0.05, 0) is 42.3 Å². The molecule has 0 aromatic heterocycles. The number of rotatable bonds is 7. The number of ether oxygens (including phenoxy) is 1. The molecule has 0 aliphatic rings. The van der Waals surface area contributed by atoms with Gasteiger partial charge in [-0.1, -0.05) is 24.3 Å². The van der Waals surface area contributed by atoms with Crippen molar-refractivity contribution in [3.8, 4) is 0 Å². The number of esters is 1. The van der Waals surface area contributed by atoms with E-state index in [9.17, 15) is 27.5 Å². The van der Waals surface area contributed by atoms with Crippen LogP contribution in [0.25, 0.3) is 5.57 Å². The van der Waals surface area contributed by atoms with Gasteiger partial charge in [0.25, 0.3) is 0 Å². The lowest BCUT2D eigenvalue weighted by Crippen LogP contribution is -2.14. The van der Waals surface area contributed by atoms with E-state index in [2.05, 4.69) is 0 Å². The summed E-state index contributed by atoms with van der Waals surface area (Å²) in [5.41, 5.74) is 0.645. The molecule has 0 saturated heterocycles. The number of sulfone groups is 1. The fourth-order valence-electron chi connectivity index (χ4n) is 2.66. The highest BCUT2D eigenvalue weighted by Gasteiger charge is 2.23. The number of carbonyl (C=O) groups excluding carboxylic acids is 1. The van der Waals surface area contributed by atoms with Crippen LogP contribution < -0.4 is 0 Å². The Balaban J connectivity index is 2.77. The third-order valence-electron chi connectivity index (χ3n) is 3.84. The van der Waals surface area contributed by atoms with Crippen LogP contribution in [0.4, 0.5) is 4.39 Å². The molecular weight excluding hydrogens is 387 g/mol. The number of carbonyl (C=O) groups is 2. The molecule has 0 amide bonds. The smallest absolute Gasteiger partial charge is 0.335 e. The minimum atomic E-state index is -3.44. The van der Waals surface area contributed by atoms with Gasteiger partial charge >= 0.3 is 11.9 Å². The third-order valence-corrected chi connectivity index (χ3v) is 4.96. The summed E-state index contributed by atoms with van der Waals surface area (Å²) >= 11 is 0. The summed E-state index contributed by atoms with van der Waals surface area (Å²) in [5, 5.41) is 9.25. The predicted molar refractivity (Wildman–Crippen MR) is 101 cm³/mol. The van der Waals surface area contributed by atoms with Crippen LogP contribution in [0, 0.1) is 5.82 Å². The van der Waals surface area contributed by atoms with E-state index in [0.29, 0.717) is 5.56 Å². The van der Waals surface area contributed by atoms with Gasteiger partial charge in [-0.2, -0.15) is 0 Å². The monoisotopic (exact) mass is 406 g/mol. The van der Waals surface area contributed by atoms with Crippen molar-refractivity contribution >= 4 is 27.3 Å². The molecule has 2 rings (SSSR count). The van der Waals surface area contributed by atoms with Gasteiger partial charge in [0.15, 0.2) is 9.84 Å². The lowest BCUT2D eigenvalue weighted by molar-refractivity contribution is -0.142. The number of aliphatic carboxylic acids is 1. The number of carboxylic acid groups (broad SMARTS) is 1. The first-order valence-electron chi connectivity index (χ1n) is 8.32. The first kappa shape index (κ1) is 21.3. The Hall–Kier alpha value is -3.00. The average Bonchev–Trinajstić information content (AvgIpc) is 2.61. The Kier molecular flexibility index (Phi) is 6.69. The molecule has 0 aliphatic heterocycles. The quantitative estimate of drug-likeness (QED) is 0.561. The van der Waals surface area contributed by atoms with E-state index in [4.69, 9.17) is 4.74 Å². The van der Waals surface area contributed by atoms with Crippen molar-refractivity contribution in [3.63, 3.8) is 0 Å². The average molecular weight is 406 g/mol. The van der Waals surface area contributed by atoms with E-state index in [-0.39, 0.29) is 28.2 Å². The normalized spacial score (nSPS) is 12.2. The second kappa shape index (κ2) is 8.79. The zero-order chi connectivity index (χ0) is 20.9. The van der Waals surface area contributed by atoms with Crippen LogP contribution in [0.1, 0.15) is 24.5 Å². The maximum Gasteiger partial charge on any atom is 0.335 e. The minimum Gasteiger partial charge on any atom is -0.481 e. The number of carboxylic acids is 1. The Morgan fingerprint density at radius 2 is 1.71 bits per heavy atom. The van der Waals surface area contributed by atoms with Crippen molar-refractivity contribution in [1.82, 2.24) is 0 Å². The molecule has 148 valence electrons. The second-order valence-corrected chi connectivity index (χ2v) is 7.97. The molecule has 8 heteroatoms. The predicted octanol–water partition coefficient (Wildman–Crippen LogP) is 3.07. The summed E-state index contributed by atoms with van der Waals surface area (Å²) in [6.45, 7) is 1.62. The molecular formula is C20H19FO6S. The summed E-state index contributed by atoms with van der Waals surface area (Å²) in [6, 6.07) is 10.9. The molecule has 6 nitrogen and oxygen atoms in total. The Labute approximate surface area is 162 Å². The highest BCUT2D eigenvalue weighted by molar-refractivity contribution is 7.90. The van der Waals surface area contributed by atoms with E-state index in [1.807, 2.05) is 0 Å². The van der Waals surface area contributed by atoms with Crippen molar-refractivity contribution in [2.45, 2.75) is 18.2 Å². The lowest BCUT2D eigenvalue weighted by atomic mass is 9.91. The number of halogens is 1. The third kappa shape index (κ3) is 5.26. The van der Waals surface area contributed by atoms with Crippen molar-refractivity contribution in [2.24, 2.45) is 0 Å². The molecule has 0 heterocycles. The summed E-state index contributed by atoms with van der Waals surface area (Å²) in [6.07, 6.45) is 0.415. The van der Waals surface area contributed by atoms with Crippen LogP contribution in [0.5, 0.6) is 0 Å². The molecule has 0 unspecified atom stereocenters. The summed E-state index contributed by atoms with van der Waals surface area (Å²) in [5.74, 6) is -2.66. The van der Waals surface area contributed by atoms with Crippen molar-refractivity contribution in [2.75, 3.05) is 12.9 Å². The fourth-order valence-corrected chi connectivity index (χ4v) is 3.29. The molecule has 2 aromatic carbocycles. The van der Waals surface area contributed by atoms with Crippen LogP contribution in [-0.4, -0.2) is 38.3 Å². The van der Waals surface area contributed by atoms with Crippen LogP contribution in [0.3, 0.4) is 0 Å². The van der Waals surface area contributed by atoms with E-state index in [1.54, 1.807) is 6.92 Å². The van der Waals surface area contributed by atoms with Gasteiger partial charge in [0.2, 0.25) is 0 Å². The summed E-state index contributed by atoms with van der Waals surface area (Å²) in [7, 11) is -3.44. The van der Waals surface area contributed by atoms with Crippen LogP contribution in [0.2, 0.25) is 0 Å². The standard InChI is InChI=1S/C20H19FO6S/c1-3-27-20(24)17(12-18(22)23)19(14-5-4-6-15(21)11-14)13-7-9-16(10-8-13)28(2,25)26/h4-11H,3,12H2,1-2H3,(H,22,23)/b19-17+. The van der Waals surface area contributed by atoms with Crippen molar-refractivity contribution in [3.05, 3.63) is 71.0 Å². The SMILES string of the molecule is CCOC(=O)/C(CC(=O)O)=C(\c1ccc(S(C)(=O)=O)cc1)c1cccc(F)c1. The molecule has 0 fully saturated rings. The highest BCUT2D eigenvalue weighted by atomic mass is 32.2. The Morgan fingerprint density at radius 3 is 2.21 bits per heavy atom. The molecule has 0 radical (unpaired) electrons. The molecule has 2 aromatic rings. The second-order valence-electron chi connectivity index (χ2n) is 5.95. The zero-order valence-electron chi connectivity index (χ0n) is 15.3. The van der Waals surface area contributed by atoms with Gasteiger partial charge in [0.05, 0.1) is 23.5 Å². The molecule has 0 atom stereocenters. The maximum absolute atomic E-state index is 13.8. The molecule has 0 spiro atoms. The first-order chi connectivity index (χ1) is 13.1. The van der Waals surface area contributed by atoms with Gasteiger partial charge in [0, 0.05) is 11.8 Å². The fraction of sp³-hybridized carbons (Fsp3) is 0.200. The number of hydrogen-bond acceptors (Lipinski definition) is 5. The maximum atomic E-state index is 13.8. The molecule has 28 heavy (non-hydrogen) atoms. The highest BCUT2D eigenvalue weighted by Crippen LogP contribution is 2.30. The van der Waals surface area contributed by atoms with Crippen molar-refractivity contribution in [1.29, 1.82) is 0 Å². The van der Waals surface area contributed by atoms with Crippen LogP contribution >= 0.6 is 0 Å². The summed E-state index contributed by atoms with van der Waals surface area (Å²) in [4.78, 5) is 23.8. The number of hydrogen-bond donors (Lipinski definition) is 1. The minimum absolute atomic E-state index is 0.0331.